The molecule has 0 aromatic heterocycles. The van der Waals surface area contributed by atoms with Crippen molar-refractivity contribution >= 4 is 18.0 Å². The van der Waals surface area contributed by atoms with E-state index in [9.17, 15) is 14.4 Å². The number of aliphatic carboxylic acids is 1. The van der Waals surface area contributed by atoms with Crippen molar-refractivity contribution in [3.05, 3.63) is 59.7 Å². The van der Waals surface area contributed by atoms with Crippen LogP contribution in [0.25, 0.3) is 11.1 Å². The summed E-state index contributed by atoms with van der Waals surface area (Å²) in [6.45, 7) is 3.00. The quantitative estimate of drug-likeness (QED) is 0.538. The van der Waals surface area contributed by atoms with Crippen molar-refractivity contribution in [1.29, 1.82) is 0 Å². The fourth-order valence-electron chi connectivity index (χ4n) is 4.95. The van der Waals surface area contributed by atoms with Crippen molar-refractivity contribution in [3.63, 3.8) is 0 Å². The van der Waals surface area contributed by atoms with Crippen LogP contribution in [0, 0.1) is 5.92 Å². The monoisotopic (exact) mass is 480 g/mol. The molecule has 4 rings (SSSR count). The molecule has 2 aliphatic rings. The van der Waals surface area contributed by atoms with Crippen LogP contribution in [0.2, 0.25) is 0 Å². The van der Waals surface area contributed by atoms with Gasteiger partial charge in [0.25, 0.3) is 0 Å². The van der Waals surface area contributed by atoms with Gasteiger partial charge in [-0.15, -0.1) is 0 Å². The highest BCUT2D eigenvalue weighted by molar-refractivity contribution is 5.87. The molecule has 8 heteroatoms. The number of nitrogens with zero attached hydrogens (tertiary/aromatic N) is 1. The lowest BCUT2D eigenvalue weighted by atomic mass is 9.92. The number of fused-ring (bicyclic) bond motifs is 3. The van der Waals surface area contributed by atoms with E-state index in [1.54, 1.807) is 11.8 Å². The van der Waals surface area contributed by atoms with Gasteiger partial charge in [-0.25, -0.2) is 4.79 Å². The molecule has 1 saturated heterocycles. The van der Waals surface area contributed by atoms with Crippen LogP contribution in [0.4, 0.5) is 4.79 Å². The molecule has 1 fully saturated rings. The van der Waals surface area contributed by atoms with Crippen LogP contribution in [0.3, 0.4) is 0 Å². The van der Waals surface area contributed by atoms with Crippen LogP contribution in [0.5, 0.6) is 0 Å². The highest BCUT2D eigenvalue weighted by Gasteiger charge is 2.38. The molecular weight excluding hydrogens is 448 g/mol. The van der Waals surface area contributed by atoms with E-state index in [4.69, 9.17) is 14.6 Å². The second kappa shape index (κ2) is 10.9. The third-order valence-electron chi connectivity index (χ3n) is 7.00. The topological polar surface area (TPSA) is 105 Å². The SMILES string of the molecule is CO[C@H](C)[C@H](NC(=O)OCC1c2ccccc2-c2ccccc21)C(=O)N1CC(CCCC(=O)O)C1. The summed E-state index contributed by atoms with van der Waals surface area (Å²) in [5.41, 5.74) is 4.53. The first-order chi connectivity index (χ1) is 16.9. The number of likely N-dealkylation sites (tertiary alicyclic amines) is 1. The number of amides is 2. The van der Waals surface area contributed by atoms with Crippen molar-refractivity contribution in [1.82, 2.24) is 10.2 Å². The van der Waals surface area contributed by atoms with Gasteiger partial charge in [0.05, 0.1) is 6.10 Å². The Bertz CT molecular complexity index is 1040. The number of carboxylic acids is 1. The van der Waals surface area contributed by atoms with Gasteiger partial charge in [-0.05, 0) is 47.9 Å². The Hall–Kier alpha value is -3.39. The second-order valence-electron chi connectivity index (χ2n) is 9.28. The number of benzene rings is 2. The lowest BCUT2D eigenvalue weighted by molar-refractivity contribution is -0.143. The summed E-state index contributed by atoms with van der Waals surface area (Å²) in [4.78, 5) is 38.2. The standard InChI is InChI=1S/C27H32N2O6/c1-17(34-2)25(26(32)29-14-18(15-29)8-7-13-24(30)31)28-27(33)35-16-23-21-11-5-3-9-19(21)20-10-4-6-12-22(20)23/h3-6,9-12,17-18,23,25H,7-8,13-16H2,1-2H3,(H,28,33)(H,30,31)/t17-,25+/m1/s1. The van der Waals surface area contributed by atoms with E-state index in [0.29, 0.717) is 19.5 Å². The van der Waals surface area contributed by atoms with Crippen molar-refractivity contribution < 1.29 is 29.0 Å². The fraction of sp³-hybridized carbons (Fsp3) is 0.444. The van der Waals surface area contributed by atoms with Gasteiger partial charge in [0.1, 0.15) is 12.6 Å². The third-order valence-corrected chi connectivity index (χ3v) is 7.00. The molecule has 2 atom stereocenters. The summed E-state index contributed by atoms with van der Waals surface area (Å²) in [6.07, 6.45) is 0.303. The van der Waals surface area contributed by atoms with E-state index in [1.165, 1.54) is 7.11 Å². The molecule has 2 N–H and O–H groups in total. The minimum Gasteiger partial charge on any atom is -0.481 e. The molecule has 2 aromatic carbocycles. The van der Waals surface area contributed by atoms with Crippen molar-refractivity contribution in [2.45, 2.75) is 44.2 Å². The van der Waals surface area contributed by atoms with E-state index in [0.717, 1.165) is 28.7 Å². The zero-order chi connectivity index (χ0) is 24.9. The lowest BCUT2D eigenvalue weighted by Crippen LogP contribution is -2.60. The number of alkyl carbamates (subject to hydrolysis) is 1. The summed E-state index contributed by atoms with van der Waals surface area (Å²) in [6, 6.07) is 15.4. The number of hydrogen-bond acceptors (Lipinski definition) is 5. The largest absolute Gasteiger partial charge is 0.481 e. The van der Waals surface area contributed by atoms with Gasteiger partial charge >= 0.3 is 12.1 Å². The van der Waals surface area contributed by atoms with Gasteiger partial charge in [-0.2, -0.15) is 0 Å². The molecule has 35 heavy (non-hydrogen) atoms. The Morgan fingerprint density at radius 2 is 1.66 bits per heavy atom. The van der Waals surface area contributed by atoms with Crippen LogP contribution in [-0.4, -0.2) is 66.9 Å². The van der Waals surface area contributed by atoms with Crippen LogP contribution in [0.15, 0.2) is 48.5 Å². The molecule has 1 heterocycles. The molecule has 0 spiro atoms. The van der Waals surface area contributed by atoms with E-state index in [1.807, 2.05) is 24.3 Å². The van der Waals surface area contributed by atoms with Crippen LogP contribution in [-0.2, 0) is 19.1 Å². The van der Waals surface area contributed by atoms with Crippen molar-refractivity contribution in [3.8, 4) is 11.1 Å². The van der Waals surface area contributed by atoms with Gasteiger partial charge in [0, 0.05) is 32.5 Å². The zero-order valence-corrected chi connectivity index (χ0v) is 20.1. The summed E-state index contributed by atoms with van der Waals surface area (Å²) in [5, 5.41) is 11.5. The molecule has 8 nitrogen and oxygen atoms in total. The maximum Gasteiger partial charge on any atom is 0.407 e. The first-order valence-electron chi connectivity index (χ1n) is 12.0. The first-order valence-corrected chi connectivity index (χ1v) is 12.0. The Balaban J connectivity index is 1.33. The van der Waals surface area contributed by atoms with E-state index in [-0.39, 0.29) is 30.8 Å². The Labute approximate surface area is 205 Å². The molecule has 0 bridgehead atoms. The minimum absolute atomic E-state index is 0.0657. The minimum atomic E-state index is -0.865. The zero-order valence-electron chi connectivity index (χ0n) is 20.1. The molecule has 1 aliphatic heterocycles. The van der Waals surface area contributed by atoms with Gasteiger partial charge in [-0.1, -0.05) is 48.5 Å². The Kier molecular flexibility index (Phi) is 7.70. The number of carbonyl (C=O) groups is 3. The van der Waals surface area contributed by atoms with E-state index < -0.39 is 24.2 Å². The average molecular weight is 481 g/mol. The molecule has 2 aromatic rings. The molecule has 0 radical (unpaired) electrons. The lowest BCUT2D eigenvalue weighted by Gasteiger charge is -2.42. The van der Waals surface area contributed by atoms with Crippen molar-refractivity contribution in [2.75, 3.05) is 26.8 Å². The number of methoxy groups -OCH3 is 1. The van der Waals surface area contributed by atoms with E-state index in [2.05, 4.69) is 29.6 Å². The van der Waals surface area contributed by atoms with Gasteiger partial charge in [-0.3, -0.25) is 9.59 Å². The third kappa shape index (κ3) is 5.48. The highest BCUT2D eigenvalue weighted by atomic mass is 16.5. The molecule has 1 aliphatic carbocycles. The predicted molar refractivity (Wildman–Crippen MR) is 130 cm³/mol. The van der Waals surface area contributed by atoms with Crippen LogP contribution < -0.4 is 5.32 Å². The summed E-state index contributed by atoms with van der Waals surface area (Å²) in [7, 11) is 1.50. The van der Waals surface area contributed by atoms with Gasteiger partial charge < -0.3 is 24.8 Å². The number of ether oxygens (including phenoxy) is 2. The number of rotatable bonds is 10. The maximum atomic E-state index is 13.1. The maximum absolute atomic E-state index is 13.1. The number of carboxylic acid groups (broad SMARTS) is 1. The van der Waals surface area contributed by atoms with Crippen molar-refractivity contribution in [2.24, 2.45) is 5.92 Å². The van der Waals surface area contributed by atoms with Crippen LogP contribution >= 0.6 is 0 Å². The molecule has 0 unspecified atom stereocenters. The average Bonchev–Trinajstić information content (AvgIpc) is 3.15. The summed E-state index contributed by atoms with van der Waals surface area (Å²) >= 11 is 0. The predicted octanol–water partition coefficient (Wildman–Crippen LogP) is 3.64. The number of carbonyl (C=O) groups excluding carboxylic acids is 2. The molecular formula is C27H32N2O6. The highest BCUT2D eigenvalue weighted by Crippen LogP contribution is 2.44. The Morgan fingerprint density at radius 3 is 2.23 bits per heavy atom. The number of hydrogen-bond donors (Lipinski definition) is 2. The van der Waals surface area contributed by atoms with E-state index >= 15 is 0 Å². The second-order valence-corrected chi connectivity index (χ2v) is 9.28. The molecule has 2 amide bonds. The van der Waals surface area contributed by atoms with Gasteiger partial charge in [0.15, 0.2) is 0 Å². The van der Waals surface area contributed by atoms with Crippen LogP contribution in [0.1, 0.15) is 43.2 Å². The van der Waals surface area contributed by atoms with Gasteiger partial charge in [0.2, 0.25) is 5.91 Å². The summed E-state index contributed by atoms with van der Waals surface area (Å²) in [5.74, 6) is -0.809. The molecule has 186 valence electrons. The Morgan fingerprint density at radius 1 is 1.06 bits per heavy atom. The normalized spacial score (nSPS) is 16.6. The number of nitrogens with one attached hydrogen (secondary N) is 1. The first kappa shape index (κ1) is 24.7. The summed E-state index contributed by atoms with van der Waals surface area (Å²) < 4.78 is 11.0. The smallest absolute Gasteiger partial charge is 0.407 e. The molecule has 0 saturated carbocycles. The fourth-order valence-corrected chi connectivity index (χ4v) is 4.95.